The molecule has 0 saturated carbocycles. The van der Waals surface area contributed by atoms with Crippen molar-refractivity contribution in [1.29, 1.82) is 0 Å². The smallest absolute Gasteiger partial charge is 0.324 e. The molecule has 0 fully saturated rings. The van der Waals surface area contributed by atoms with Crippen LogP contribution in [0.5, 0.6) is 5.75 Å². The van der Waals surface area contributed by atoms with Gasteiger partial charge in [0.15, 0.2) is 11.4 Å². The number of rotatable bonds is 2. The van der Waals surface area contributed by atoms with Gasteiger partial charge in [0.1, 0.15) is 3.92 Å². The van der Waals surface area contributed by atoms with Gasteiger partial charge in [0.2, 0.25) is 0 Å². The Bertz CT molecular complexity index is 312. The Kier molecular flexibility index (Phi) is 3.68. The molecular formula is C9H11INO2+. The third-order valence-electron chi connectivity index (χ3n) is 1.51. The van der Waals surface area contributed by atoms with Crippen molar-refractivity contribution in [2.75, 3.05) is 0 Å². The maximum Gasteiger partial charge on any atom is 0.324 e. The molecule has 1 aromatic carbocycles. The zero-order valence-electron chi connectivity index (χ0n) is 7.29. The number of carbonyl (C=O) groups excluding carboxylic acids is 1. The molecule has 0 amide bonds. The Hall–Kier alpha value is -0.620. The van der Waals surface area contributed by atoms with Crippen LogP contribution in [0.4, 0.5) is 5.69 Å². The average Bonchev–Trinajstić information content (AvgIpc) is 2.08. The van der Waals surface area contributed by atoms with Gasteiger partial charge in [-0.05, 0) is 13.0 Å². The second-order valence-electron chi connectivity index (χ2n) is 2.64. The van der Waals surface area contributed by atoms with Crippen LogP contribution < -0.4 is 10.5 Å². The highest BCUT2D eigenvalue weighted by molar-refractivity contribution is 14.1. The fourth-order valence-electron chi connectivity index (χ4n) is 0.793. The summed E-state index contributed by atoms with van der Waals surface area (Å²) in [7, 11) is 0. The highest BCUT2D eigenvalue weighted by Gasteiger charge is 2.13. The Morgan fingerprint density at radius 3 is 2.69 bits per heavy atom. The van der Waals surface area contributed by atoms with Crippen LogP contribution in [0.3, 0.4) is 0 Å². The van der Waals surface area contributed by atoms with Gasteiger partial charge >= 0.3 is 5.97 Å². The molecule has 0 bridgehead atoms. The standard InChI is InChI=1S/C9H10INO2/c1-6(10)9(12)13-8-5-3-2-4-7(8)11/h2-6H,11H2,1H3/p+1. The van der Waals surface area contributed by atoms with E-state index in [1.165, 1.54) is 0 Å². The molecule has 13 heavy (non-hydrogen) atoms. The van der Waals surface area contributed by atoms with Crippen molar-refractivity contribution in [2.45, 2.75) is 10.8 Å². The number of hydrogen-bond donors (Lipinski definition) is 1. The van der Waals surface area contributed by atoms with Gasteiger partial charge in [0.25, 0.3) is 0 Å². The van der Waals surface area contributed by atoms with E-state index in [-0.39, 0.29) is 9.89 Å². The van der Waals surface area contributed by atoms with Gasteiger partial charge in [-0.25, -0.2) is 0 Å². The van der Waals surface area contributed by atoms with Gasteiger partial charge in [-0.15, -0.1) is 0 Å². The molecule has 1 aromatic rings. The quantitative estimate of drug-likeness (QED) is 0.386. The lowest BCUT2D eigenvalue weighted by atomic mass is 10.3. The first-order chi connectivity index (χ1) is 6.11. The first-order valence-electron chi connectivity index (χ1n) is 3.88. The largest absolute Gasteiger partial charge is 0.419 e. The van der Waals surface area contributed by atoms with Gasteiger partial charge < -0.3 is 10.5 Å². The predicted octanol–water partition coefficient (Wildman–Crippen LogP) is 1.29. The minimum absolute atomic E-state index is 0.141. The fraction of sp³-hybridized carbons (Fsp3) is 0.222. The first kappa shape index (κ1) is 10.5. The summed E-state index contributed by atoms with van der Waals surface area (Å²) in [6.07, 6.45) is 0. The Morgan fingerprint density at radius 1 is 1.54 bits per heavy atom. The van der Waals surface area contributed by atoms with E-state index in [1.807, 2.05) is 34.7 Å². The number of esters is 1. The summed E-state index contributed by atoms with van der Waals surface area (Å²) in [6.45, 7) is 1.79. The molecule has 70 valence electrons. The highest BCUT2D eigenvalue weighted by Crippen LogP contribution is 2.19. The number of hydrogen-bond acceptors (Lipinski definition) is 2. The number of ether oxygens (including phenoxy) is 1. The van der Waals surface area contributed by atoms with E-state index in [0.29, 0.717) is 5.75 Å². The van der Waals surface area contributed by atoms with Crippen LogP contribution in [0.15, 0.2) is 24.3 Å². The van der Waals surface area contributed by atoms with Crippen LogP contribution in [0.2, 0.25) is 0 Å². The topological polar surface area (TPSA) is 53.9 Å². The average molecular weight is 292 g/mol. The molecule has 3 N–H and O–H groups in total. The van der Waals surface area contributed by atoms with E-state index in [0.717, 1.165) is 5.69 Å². The van der Waals surface area contributed by atoms with Crippen molar-refractivity contribution in [3.05, 3.63) is 24.3 Å². The van der Waals surface area contributed by atoms with E-state index in [2.05, 4.69) is 5.73 Å². The van der Waals surface area contributed by atoms with Crippen LogP contribution in [0.25, 0.3) is 0 Å². The zero-order valence-corrected chi connectivity index (χ0v) is 9.45. The van der Waals surface area contributed by atoms with Crippen LogP contribution in [-0.2, 0) is 4.79 Å². The summed E-state index contributed by atoms with van der Waals surface area (Å²) in [5.74, 6) is 0.299. The highest BCUT2D eigenvalue weighted by atomic mass is 127. The second kappa shape index (κ2) is 4.57. The van der Waals surface area contributed by atoms with Crippen molar-refractivity contribution in [3.63, 3.8) is 0 Å². The number of benzene rings is 1. The molecule has 1 unspecified atom stereocenters. The van der Waals surface area contributed by atoms with Crippen molar-refractivity contribution in [3.8, 4) is 5.75 Å². The lowest BCUT2D eigenvalue weighted by Crippen LogP contribution is -2.41. The molecule has 1 atom stereocenters. The molecule has 0 spiro atoms. The molecule has 0 heterocycles. The number of alkyl halides is 1. The Labute approximate surface area is 90.4 Å². The third kappa shape index (κ3) is 2.96. The molecule has 0 aliphatic heterocycles. The van der Waals surface area contributed by atoms with E-state index in [9.17, 15) is 4.79 Å². The molecule has 0 aromatic heterocycles. The minimum Gasteiger partial charge on any atom is -0.419 e. The summed E-state index contributed by atoms with van der Waals surface area (Å²) < 4.78 is 4.96. The lowest BCUT2D eigenvalue weighted by molar-refractivity contribution is -0.256. The first-order valence-corrected chi connectivity index (χ1v) is 5.12. The van der Waals surface area contributed by atoms with Crippen molar-refractivity contribution in [1.82, 2.24) is 0 Å². The van der Waals surface area contributed by atoms with Crippen molar-refractivity contribution in [2.24, 2.45) is 0 Å². The minimum atomic E-state index is -0.239. The Balaban J connectivity index is 2.75. The maximum absolute atomic E-state index is 11.2. The van der Waals surface area contributed by atoms with E-state index in [4.69, 9.17) is 4.74 Å². The molecule has 1 rings (SSSR count). The lowest BCUT2D eigenvalue weighted by Gasteiger charge is -2.05. The van der Waals surface area contributed by atoms with Gasteiger partial charge in [0, 0.05) is 6.07 Å². The SMILES string of the molecule is CC(I)C(=O)Oc1ccccc1[NH3+]. The predicted molar refractivity (Wildman–Crippen MR) is 58.1 cm³/mol. The normalized spacial score (nSPS) is 12.2. The number of carbonyl (C=O) groups is 1. The molecule has 0 saturated heterocycles. The fourth-order valence-corrected chi connectivity index (χ4v) is 0.920. The molecule has 4 heteroatoms. The summed E-state index contributed by atoms with van der Waals surface area (Å²) >= 11 is 2.01. The molecular weight excluding hydrogens is 281 g/mol. The summed E-state index contributed by atoms with van der Waals surface area (Å²) in [5.41, 5.74) is 4.48. The molecule has 0 aliphatic carbocycles. The van der Waals surface area contributed by atoms with Crippen LogP contribution >= 0.6 is 22.6 Å². The summed E-state index contributed by atoms with van der Waals surface area (Å²) in [6, 6.07) is 7.21. The monoisotopic (exact) mass is 292 g/mol. The van der Waals surface area contributed by atoms with Gasteiger partial charge in [-0.1, -0.05) is 34.7 Å². The van der Waals surface area contributed by atoms with Gasteiger partial charge in [0.05, 0.1) is 0 Å². The maximum atomic E-state index is 11.2. The summed E-state index contributed by atoms with van der Waals surface area (Å²) in [5, 5.41) is 0. The van der Waals surface area contributed by atoms with Crippen molar-refractivity contribution >= 4 is 34.2 Å². The molecule has 0 radical (unpaired) electrons. The zero-order chi connectivity index (χ0) is 9.84. The Morgan fingerprint density at radius 2 is 2.15 bits per heavy atom. The van der Waals surface area contributed by atoms with Crippen molar-refractivity contribution < 1.29 is 15.3 Å². The van der Waals surface area contributed by atoms with E-state index >= 15 is 0 Å². The second-order valence-corrected chi connectivity index (χ2v) is 4.51. The number of para-hydroxylation sites is 1. The van der Waals surface area contributed by atoms with Gasteiger partial charge in [-0.2, -0.15) is 0 Å². The number of halogens is 1. The summed E-state index contributed by atoms with van der Waals surface area (Å²) in [4.78, 5) is 11.2. The molecule has 3 nitrogen and oxygen atoms in total. The third-order valence-corrected chi connectivity index (χ3v) is 2.02. The van der Waals surface area contributed by atoms with E-state index in [1.54, 1.807) is 19.1 Å². The van der Waals surface area contributed by atoms with Crippen LogP contribution in [0, 0.1) is 0 Å². The number of quaternary nitrogens is 1. The van der Waals surface area contributed by atoms with Crippen LogP contribution in [-0.4, -0.2) is 9.89 Å². The molecule has 0 aliphatic rings. The van der Waals surface area contributed by atoms with E-state index < -0.39 is 0 Å². The van der Waals surface area contributed by atoms with Crippen LogP contribution in [0.1, 0.15) is 6.92 Å². The van der Waals surface area contributed by atoms with Gasteiger partial charge in [-0.3, -0.25) is 4.79 Å².